The van der Waals surface area contributed by atoms with Crippen molar-refractivity contribution in [2.75, 3.05) is 19.6 Å². The van der Waals surface area contributed by atoms with Crippen LogP contribution in [-0.2, 0) is 0 Å². The maximum Gasteiger partial charge on any atom is 0.0771 e. The highest BCUT2D eigenvalue weighted by molar-refractivity contribution is 4.88. The lowest BCUT2D eigenvalue weighted by atomic mass is 9.93. The molecule has 21 heavy (non-hydrogen) atoms. The molecule has 3 fully saturated rings. The van der Waals surface area contributed by atoms with E-state index in [0.29, 0.717) is 6.04 Å². The molecule has 3 heteroatoms. The minimum absolute atomic E-state index is 0.418. The lowest BCUT2D eigenvalue weighted by molar-refractivity contribution is 0.0195. The highest BCUT2D eigenvalue weighted by atomic mass is 16.3. The van der Waals surface area contributed by atoms with Crippen LogP contribution in [-0.4, -0.2) is 47.3 Å². The maximum atomic E-state index is 10.7. The molecule has 0 spiro atoms. The van der Waals surface area contributed by atoms with Gasteiger partial charge in [0.15, 0.2) is 0 Å². The number of hydrogen-bond acceptors (Lipinski definition) is 3. The van der Waals surface area contributed by atoms with E-state index in [1.54, 1.807) is 0 Å². The number of aliphatic hydroxyl groups is 1. The van der Waals surface area contributed by atoms with E-state index >= 15 is 0 Å². The van der Waals surface area contributed by atoms with E-state index in [4.69, 9.17) is 0 Å². The van der Waals surface area contributed by atoms with Crippen LogP contribution in [0.15, 0.2) is 0 Å². The quantitative estimate of drug-likeness (QED) is 0.782. The third-order valence-corrected chi connectivity index (χ3v) is 6.12. The van der Waals surface area contributed by atoms with E-state index in [0.717, 1.165) is 25.4 Å². The molecule has 0 unspecified atom stereocenters. The normalized spacial score (nSPS) is 29.6. The van der Waals surface area contributed by atoms with Crippen LogP contribution in [0.25, 0.3) is 0 Å². The van der Waals surface area contributed by atoms with Crippen molar-refractivity contribution < 1.29 is 5.11 Å². The fourth-order valence-electron chi connectivity index (χ4n) is 4.64. The molecule has 1 heterocycles. The Bertz CT molecular complexity index is 298. The second-order valence-corrected chi connectivity index (χ2v) is 7.77. The van der Waals surface area contributed by atoms with Gasteiger partial charge in [-0.05, 0) is 51.6 Å². The lowest BCUT2D eigenvalue weighted by Gasteiger charge is -2.37. The van der Waals surface area contributed by atoms with Gasteiger partial charge in [0.1, 0.15) is 0 Å². The fourth-order valence-corrected chi connectivity index (χ4v) is 4.64. The third kappa shape index (κ3) is 4.43. The Morgan fingerprint density at radius 3 is 2.10 bits per heavy atom. The van der Waals surface area contributed by atoms with E-state index in [-0.39, 0.29) is 0 Å². The van der Waals surface area contributed by atoms with Crippen LogP contribution >= 0.6 is 0 Å². The summed E-state index contributed by atoms with van der Waals surface area (Å²) in [6.07, 6.45) is 15.3. The molecule has 1 saturated heterocycles. The first kappa shape index (κ1) is 15.8. The Morgan fingerprint density at radius 2 is 1.48 bits per heavy atom. The molecule has 0 aromatic heterocycles. The summed E-state index contributed by atoms with van der Waals surface area (Å²) < 4.78 is 0. The van der Waals surface area contributed by atoms with Crippen LogP contribution < -0.4 is 5.32 Å². The number of nitrogens with one attached hydrogen (secondary N) is 1. The molecule has 122 valence electrons. The number of nitrogens with zero attached hydrogens (tertiary/aromatic N) is 1. The second kappa shape index (κ2) is 7.43. The molecular formula is C18H34N2O. The molecule has 2 saturated carbocycles. The van der Waals surface area contributed by atoms with Gasteiger partial charge in [-0.1, -0.05) is 38.5 Å². The molecule has 3 aliphatic rings. The zero-order chi connectivity index (χ0) is 14.5. The number of rotatable bonds is 4. The Balaban J connectivity index is 1.38. The number of likely N-dealkylation sites (tertiary alicyclic amines) is 1. The molecule has 0 atom stereocenters. The van der Waals surface area contributed by atoms with Gasteiger partial charge in [-0.25, -0.2) is 0 Å². The van der Waals surface area contributed by atoms with Gasteiger partial charge in [0, 0.05) is 18.6 Å². The van der Waals surface area contributed by atoms with E-state index in [9.17, 15) is 5.11 Å². The summed E-state index contributed by atoms with van der Waals surface area (Å²) in [6.45, 7) is 3.35. The molecule has 3 nitrogen and oxygen atoms in total. The van der Waals surface area contributed by atoms with Crippen LogP contribution in [0, 0.1) is 0 Å². The molecule has 2 aliphatic carbocycles. The van der Waals surface area contributed by atoms with Crippen molar-refractivity contribution in [2.45, 2.75) is 94.7 Å². The van der Waals surface area contributed by atoms with Crippen molar-refractivity contribution in [3.8, 4) is 0 Å². The first-order valence-electron chi connectivity index (χ1n) is 9.45. The van der Waals surface area contributed by atoms with Crippen molar-refractivity contribution >= 4 is 0 Å². The van der Waals surface area contributed by atoms with Crippen molar-refractivity contribution in [3.05, 3.63) is 0 Å². The fraction of sp³-hybridized carbons (Fsp3) is 1.00. The molecule has 0 radical (unpaired) electrons. The first-order valence-corrected chi connectivity index (χ1v) is 9.45. The Morgan fingerprint density at radius 1 is 0.857 bits per heavy atom. The van der Waals surface area contributed by atoms with Crippen LogP contribution in [0.4, 0.5) is 0 Å². The SMILES string of the molecule is OC1(CNC2CCN(C3CCCC3)CC2)CCCCCC1. The molecule has 3 rings (SSSR count). The van der Waals surface area contributed by atoms with Crippen molar-refractivity contribution in [1.29, 1.82) is 0 Å². The van der Waals surface area contributed by atoms with Crippen molar-refractivity contribution in [2.24, 2.45) is 0 Å². The summed E-state index contributed by atoms with van der Waals surface area (Å²) in [7, 11) is 0. The van der Waals surface area contributed by atoms with Crippen LogP contribution in [0.1, 0.15) is 77.0 Å². The van der Waals surface area contributed by atoms with Gasteiger partial charge < -0.3 is 15.3 Å². The Kier molecular flexibility index (Phi) is 5.58. The predicted molar refractivity (Wildman–Crippen MR) is 87.5 cm³/mol. The lowest BCUT2D eigenvalue weighted by Crippen LogP contribution is -2.50. The highest BCUT2D eigenvalue weighted by Crippen LogP contribution is 2.28. The summed E-state index contributed by atoms with van der Waals surface area (Å²) in [5.74, 6) is 0. The smallest absolute Gasteiger partial charge is 0.0771 e. The molecule has 0 amide bonds. The molecule has 0 aromatic rings. The molecule has 0 bridgehead atoms. The monoisotopic (exact) mass is 294 g/mol. The minimum atomic E-state index is -0.418. The van der Waals surface area contributed by atoms with Gasteiger partial charge in [0.05, 0.1) is 5.60 Å². The van der Waals surface area contributed by atoms with Crippen LogP contribution in [0.2, 0.25) is 0 Å². The van der Waals surface area contributed by atoms with Gasteiger partial charge in [0.2, 0.25) is 0 Å². The summed E-state index contributed by atoms with van der Waals surface area (Å²) in [5.41, 5.74) is -0.418. The van der Waals surface area contributed by atoms with Crippen molar-refractivity contribution in [1.82, 2.24) is 10.2 Å². The number of hydrogen-bond donors (Lipinski definition) is 2. The van der Waals surface area contributed by atoms with Crippen LogP contribution in [0.5, 0.6) is 0 Å². The topological polar surface area (TPSA) is 35.5 Å². The van der Waals surface area contributed by atoms with Crippen molar-refractivity contribution in [3.63, 3.8) is 0 Å². The van der Waals surface area contributed by atoms with Crippen LogP contribution in [0.3, 0.4) is 0 Å². The van der Waals surface area contributed by atoms with E-state index in [2.05, 4.69) is 10.2 Å². The first-order chi connectivity index (χ1) is 10.3. The van der Waals surface area contributed by atoms with Gasteiger partial charge in [-0.3, -0.25) is 0 Å². The van der Waals surface area contributed by atoms with E-state index in [1.807, 2.05) is 0 Å². The molecule has 0 aromatic carbocycles. The van der Waals surface area contributed by atoms with Gasteiger partial charge in [0.25, 0.3) is 0 Å². The molecule has 1 aliphatic heterocycles. The van der Waals surface area contributed by atoms with E-state index in [1.165, 1.54) is 77.3 Å². The van der Waals surface area contributed by atoms with Gasteiger partial charge in [-0.2, -0.15) is 0 Å². The average Bonchev–Trinajstić information content (AvgIpc) is 2.96. The largest absolute Gasteiger partial charge is 0.389 e. The Hall–Kier alpha value is -0.120. The predicted octanol–water partition coefficient (Wildman–Crippen LogP) is 3.07. The zero-order valence-electron chi connectivity index (χ0n) is 13.7. The molecular weight excluding hydrogens is 260 g/mol. The highest BCUT2D eigenvalue weighted by Gasteiger charge is 2.31. The average molecular weight is 294 g/mol. The summed E-state index contributed by atoms with van der Waals surface area (Å²) >= 11 is 0. The summed E-state index contributed by atoms with van der Waals surface area (Å²) in [4.78, 5) is 2.73. The third-order valence-electron chi connectivity index (χ3n) is 6.12. The second-order valence-electron chi connectivity index (χ2n) is 7.77. The summed E-state index contributed by atoms with van der Waals surface area (Å²) in [5, 5.41) is 14.4. The standard InChI is InChI=1S/C18H34N2O/c21-18(11-5-1-2-6-12-18)15-19-16-9-13-20(14-10-16)17-7-3-4-8-17/h16-17,19,21H,1-15H2. The number of piperidine rings is 1. The summed E-state index contributed by atoms with van der Waals surface area (Å²) in [6, 6.07) is 1.52. The Labute approximate surface area is 130 Å². The maximum absolute atomic E-state index is 10.7. The molecule has 2 N–H and O–H groups in total. The van der Waals surface area contributed by atoms with Gasteiger partial charge >= 0.3 is 0 Å². The zero-order valence-corrected chi connectivity index (χ0v) is 13.7. The van der Waals surface area contributed by atoms with E-state index < -0.39 is 5.60 Å². The minimum Gasteiger partial charge on any atom is -0.389 e. The van der Waals surface area contributed by atoms with Gasteiger partial charge in [-0.15, -0.1) is 0 Å².